The number of amides is 1. The second kappa shape index (κ2) is 8.26. The number of benzene rings is 2. The smallest absolute Gasteiger partial charge is 0.247 e. The number of nitrogens with zero attached hydrogens (tertiary/aromatic N) is 3. The zero-order chi connectivity index (χ0) is 19.2. The summed E-state index contributed by atoms with van der Waals surface area (Å²) in [7, 11) is 0. The lowest BCUT2D eigenvalue weighted by atomic mass is 9.90. The van der Waals surface area contributed by atoms with Crippen molar-refractivity contribution in [2.24, 2.45) is 0 Å². The molecule has 28 heavy (non-hydrogen) atoms. The highest BCUT2D eigenvalue weighted by Gasteiger charge is 2.22. The SMILES string of the molecule is O=C(NCc1nnc(-c2ccncc2)o1)C(c1ccccc1)c1ccccc1. The van der Waals surface area contributed by atoms with Crippen LogP contribution in [0.15, 0.2) is 89.6 Å². The van der Waals surface area contributed by atoms with E-state index in [-0.39, 0.29) is 12.5 Å². The first kappa shape index (κ1) is 17.6. The van der Waals surface area contributed by atoms with Gasteiger partial charge in [0.15, 0.2) is 0 Å². The lowest BCUT2D eigenvalue weighted by Gasteiger charge is -2.17. The summed E-state index contributed by atoms with van der Waals surface area (Å²) in [6.07, 6.45) is 3.32. The highest BCUT2D eigenvalue weighted by molar-refractivity contribution is 5.87. The Bertz CT molecular complexity index is 994. The zero-order valence-corrected chi connectivity index (χ0v) is 15.0. The summed E-state index contributed by atoms with van der Waals surface area (Å²) < 4.78 is 5.65. The van der Waals surface area contributed by atoms with Gasteiger partial charge in [-0.2, -0.15) is 0 Å². The van der Waals surface area contributed by atoms with Crippen LogP contribution in [0.2, 0.25) is 0 Å². The van der Waals surface area contributed by atoms with Gasteiger partial charge in [-0.25, -0.2) is 0 Å². The molecule has 2 heterocycles. The molecule has 1 N–H and O–H groups in total. The van der Waals surface area contributed by atoms with Crippen molar-refractivity contribution in [2.45, 2.75) is 12.5 Å². The Morgan fingerprint density at radius 3 is 2.07 bits per heavy atom. The topological polar surface area (TPSA) is 80.9 Å². The van der Waals surface area contributed by atoms with Gasteiger partial charge in [0.25, 0.3) is 0 Å². The number of hydrogen-bond donors (Lipinski definition) is 1. The number of nitrogens with one attached hydrogen (secondary N) is 1. The van der Waals surface area contributed by atoms with Crippen molar-refractivity contribution >= 4 is 5.91 Å². The van der Waals surface area contributed by atoms with E-state index in [4.69, 9.17) is 4.42 Å². The van der Waals surface area contributed by atoms with E-state index in [9.17, 15) is 4.79 Å². The number of hydrogen-bond acceptors (Lipinski definition) is 5. The molecule has 2 aromatic heterocycles. The first-order valence-corrected chi connectivity index (χ1v) is 8.91. The Morgan fingerprint density at radius 1 is 0.857 bits per heavy atom. The molecule has 138 valence electrons. The number of carbonyl (C=O) groups is 1. The molecular formula is C22H18N4O2. The lowest BCUT2D eigenvalue weighted by Crippen LogP contribution is -2.29. The van der Waals surface area contributed by atoms with Gasteiger partial charge in [-0.05, 0) is 23.3 Å². The number of aromatic nitrogens is 3. The second-order valence-corrected chi connectivity index (χ2v) is 6.21. The summed E-state index contributed by atoms with van der Waals surface area (Å²) >= 11 is 0. The van der Waals surface area contributed by atoms with Gasteiger partial charge in [0.2, 0.25) is 17.7 Å². The van der Waals surface area contributed by atoms with Gasteiger partial charge in [0.05, 0.1) is 12.5 Å². The van der Waals surface area contributed by atoms with Crippen molar-refractivity contribution in [2.75, 3.05) is 0 Å². The highest BCUT2D eigenvalue weighted by atomic mass is 16.4. The van der Waals surface area contributed by atoms with Crippen molar-refractivity contribution in [3.05, 3.63) is 102 Å². The molecule has 0 fully saturated rings. The molecule has 0 atom stereocenters. The molecule has 0 bridgehead atoms. The summed E-state index contributed by atoms with van der Waals surface area (Å²) in [5, 5.41) is 11.0. The normalized spacial score (nSPS) is 10.8. The molecule has 2 aromatic carbocycles. The highest BCUT2D eigenvalue weighted by Crippen LogP contribution is 2.25. The van der Waals surface area contributed by atoms with Crippen LogP contribution in [-0.2, 0) is 11.3 Å². The minimum absolute atomic E-state index is 0.124. The molecule has 1 amide bonds. The van der Waals surface area contributed by atoms with Gasteiger partial charge >= 0.3 is 0 Å². The Hall–Kier alpha value is -3.80. The third-order valence-electron chi connectivity index (χ3n) is 4.34. The predicted octanol–water partition coefficient (Wildman–Crippen LogP) is 3.58. The van der Waals surface area contributed by atoms with Crippen LogP contribution >= 0.6 is 0 Å². The van der Waals surface area contributed by atoms with Crippen LogP contribution in [0.4, 0.5) is 0 Å². The van der Waals surface area contributed by atoms with Gasteiger partial charge < -0.3 is 9.73 Å². The van der Waals surface area contributed by atoms with Crippen LogP contribution in [0.25, 0.3) is 11.5 Å². The van der Waals surface area contributed by atoms with Crippen LogP contribution in [0.1, 0.15) is 22.9 Å². The van der Waals surface area contributed by atoms with E-state index in [1.807, 2.05) is 60.7 Å². The number of carbonyl (C=O) groups excluding carboxylic acids is 1. The molecule has 0 aliphatic carbocycles. The molecule has 0 saturated heterocycles. The number of rotatable bonds is 6. The number of pyridine rings is 1. The molecule has 6 nitrogen and oxygen atoms in total. The van der Waals surface area contributed by atoms with Crippen molar-refractivity contribution in [3.63, 3.8) is 0 Å². The molecule has 0 aliphatic heterocycles. The zero-order valence-electron chi connectivity index (χ0n) is 15.0. The summed E-state index contributed by atoms with van der Waals surface area (Å²) in [6, 6.07) is 23.0. The second-order valence-electron chi connectivity index (χ2n) is 6.21. The van der Waals surface area contributed by atoms with Crippen LogP contribution in [0.3, 0.4) is 0 Å². The average Bonchev–Trinajstić information content (AvgIpc) is 3.24. The minimum atomic E-state index is -0.412. The third kappa shape index (κ3) is 3.96. The molecule has 6 heteroatoms. The van der Waals surface area contributed by atoms with E-state index in [1.165, 1.54) is 0 Å². The Balaban J connectivity index is 1.50. The van der Waals surface area contributed by atoms with Crippen molar-refractivity contribution in [1.29, 1.82) is 0 Å². The van der Waals surface area contributed by atoms with Crippen molar-refractivity contribution in [1.82, 2.24) is 20.5 Å². The van der Waals surface area contributed by atoms with Crippen molar-refractivity contribution in [3.8, 4) is 11.5 Å². The quantitative estimate of drug-likeness (QED) is 0.561. The maximum absolute atomic E-state index is 13.0. The molecule has 0 saturated carbocycles. The standard InChI is InChI=1S/C22H18N4O2/c27-21(20(16-7-3-1-4-8-16)17-9-5-2-6-10-17)24-15-19-25-26-22(28-19)18-11-13-23-14-12-18/h1-14,20H,15H2,(H,24,27). The van der Waals surface area contributed by atoms with E-state index < -0.39 is 5.92 Å². The van der Waals surface area contributed by atoms with E-state index in [0.29, 0.717) is 11.8 Å². The monoisotopic (exact) mass is 370 g/mol. The van der Waals surface area contributed by atoms with Gasteiger partial charge in [-0.15, -0.1) is 10.2 Å². The molecule has 0 spiro atoms. The van der Waals surface area contributed by atoms with Crippen LogP contribution in [0, 0.1) is 0 Å². The largest absolute Gasteiger partial charge is 0.419 e. The first-order valence-electron chi connectivity index (χ1n) is 8.91. The predicted molar refractivity (Wildman–Crippen MR) is 104 cm³/mol. The molecule has 0 radical (unpaired) electrons. The van der Waals surface area contributed by atoms with E-state index in [1.54, 1.807) is 24.5 Å². The Kier molecular flexibility index (Phi) is 5.20. The summed E-state index contributed by atoms with van der Waals surface area (Å²) in [5.41, 5.74) is 2.63. The molecule has 4 rings (SSSR count). The van der Waals surface area contributed by atoms with Gasteiger partial charge in [0, 0.05) is 18.0 Å². The molecular weight excluding hydrogens is 352 g/mol. The van der Waals surface area contributed by atoms with Gasteiger partial charge in [-0.1, -0.05) is 60.7 Å². The maximum atomic E-state index is 13.0. The molecule has 4 aromatic rings. The van der Waals surface area contributed by atoms with Crippen molar-refractivity contribution < 1.29 is 9.21 Å². The van der Waals surface area contributed by atoms with Crippen LogP contribution in [-0.4, -0.2) is 21.1 Å². The summed E-state index contributed by atoms with van der Waals surface area (Å²) in [5.74, 6) is 0.209. The lowest BCUT2D eigenvalue weighted by molar-refractivity contribution is -0.122. The fraction of sp³-hybridized carbons (Fsp3) is 0.0909. The van der Waals surface area contributed by atoms with Gasteiger partial charge in [-0.3, -0.25) is 9.78 Å². The summed E-state index contributed by atoms with van der Waals surface area (Å²) in [4.78, 5) is 17.0. The summed E-state index contributed by atoms with van der Waals surface area (Å²) in [6.45, 7) is 0.160. The first-order chi connectivity index (χ1) is 13.8. The van der Waals surface area contributed by atoms with Crippen LogP contribution in [0.5, 0.6) is 0 Å². The Morgan fingerprint density at radius 2 is 1.46 bits per heavy atom. The fourth-order valence-corrected chi connectivity index (χ4v) is 2.99. The maximum Gasteiger partial charge on any atom is 0.247 e. The van der Waals surface area contributed by atoms with Crippen LogP contribution < -0.4 is 5.32 Å². The third-order valence-corrected chi connectivity index (χ3v) is 4.34. The average molecular weight is 370 g/mol. The minimum Gasteiger partial charge on any atom is -0.419 e. The molecule has 0 aliphatic rings. The molecule has 0 unspecified atom stereocenters. The van der Waals surface area contributed by atoms with E-state index in [0.717, 1.165) is 16.7 Å². The Labute approximate surface area is 162 Å². The van der Waals surface area contributed by atoms with Gasteiger partial charge in [0.1, 0.15) is 0 Å². The van der Waals surface area contributed by atoms with E-state index in [2.05, 4.69) is 20.5 Å². The fourth-order valence-electron chi connectivity index (χ4n) is 2.99. The van der Waals surface area contributed by atoms with E-state index >= 15 is 0 Å².